The summed E-state index contributed by atoms with van der Waals surface area (Å²) in [7, 11) is 1.94. The predicted octanol–water partition coefficient (Wildman–Crippen LogP) is 3.81. The Hall–Kier alpha value is -0.780. The lowest BCUT2D eigenvalue weighted by Crippen LogP contribution is -2.11. The van der Waals surface area contributed by atoms with Gasteiger partial charge in [-0.15, -0.1) is 11.3 Å². The quantitative estimate of drug-likeness (QED) is 0.928. The molecule has 2 aromatic rings. The van der Waals surface area contributed by atoms with Crippen molar-refractivity contribution in [1.29, 1.82) is 0 Å². The van der Waals surface area contributed by atoms with Crippen LogP contribution in [0, 0.1) is 0 Å². The monoisotopic (exact) mass is 325 g/mol. The fourth-order valence-corrected chi connectivity index (χ4v) is 3.16. The first kappa shape index (κ1) is 13.6. The summed E-state index contributed by atoms with van der Waals surface area (Å²) in [5.74, 6) is 1.22. The highest BCUT2D eigenvalue weighted by Gasteiger charge is 2.12. The van der Waals surface area contributed by atoms with E-state index < -0.39 is 0 Å². The van der Waals surface area contributed by atoms with Gasteiger partial charge in [0.1, 0.15) is 0 Å². The second kappa shape index (κ2) is 5.91. The minimum absolute atomic E-state index is 0.401. The third kappa shape index (κ3) is 2.96. The molecule has 0 amide bonds. The van der Waals surface area contributed by atoms with Crippen LogP contribution in [0.5, 0.6) is 0 Å². The van der Waals surface area contributed by atoms with Crippen LogP contribution >= 0.6 is 27.3 Å². The summed E-state index contributed by atoms with van der Waals surface area (Å²) < 4.78 is 1.08. The molecule has 0 atom stereocenters. The molecule has 2 aromatic heterocycles. The summed E-state index contributed by atoms with van der Waals surface area (Å²) in [5, 5.41) is 5.21. The molecule has 2 heterocycles. The van der Waals surface area contributed by atoms with Crippen molar-refractivity contribution in [1.82, 2.24) is 15.3 Å². The van der Waals surface area contributed by atoms with Gasteiger partial charge in [0.2, 0.25) is 0 Å². The summed E-state index contributed by atoms with van der Waals surface area (Å²) in [6, 6.07) is 2.06. The van der Waals surface area contributed by atoms with Crippen LogP contribution in [0.3, 0.4) is 0 Å². The Labute approximate surface area is 120 Å². The molecule has 0 aliphatic heterocycles. The topological polar surface area (TPSA) is 37.8 Å². The molecule has 2 rings (SSSR count). The van der Waals surface area contributed by atoms with E-state index >= 15 is 0 Å². The number of nitrogens with zero attached hydrogens (tertiary/aromatic N) is 2. The van der Waals surface area contributed by atoms with E-state index in [1.807, 2.05) is 13.2 Å². The van der Waals surface area contributed by atoms with Gasteiger partial charge in [0.15, 0.2) is 5.82 Å². The maximum absolute atomic E-state index is 4.71. The predicted molar refractivity (Wildman–Crippen MR) is 79.9 cm³/mol. The first-order chi connectivity index (χ1) is 8.61. The van der Waals surface area contributed by atoms with Gasteiger partial charge in [0, 0.05) is 28.2 Å². The Morgan fingerprint density at radius 1 is 1.44 bits per heavy atom. The van der Waals surface area contributed by atoms with E-state index in [4.69, 9.17) is 4.98 Å². The summed E-state index contributed by atoms with van der Waals surface area (Å²) in [6.45, 7) is 5.13. The minimum Gasteiger partial charge on any atom is -0.316 e. The van der Waals surface area contributed by atoms with Crippen LogP contribution in [-0.2, 0) is 6.54 Å². The van der Waals surface area contributed by atoms with Crippen molar-refractivity contribution >= 4 is 27.3 Å². The molecule has 0 bridgehead atoms. The van der Waals surface area contributed by atoms with Crippen molar-refractivity contribution in [2.24, 2.45) is 0 Å². The highest BCUT2D eigenvalue weighted by atomic mass is 79.9. The number of nitrogens with one attached hydrogen (secondary N) is 1. The van der Waals surface area contributed by atoms with Crippen LogP contribution in [-0.4, -0.2) is 17.0 Å². The molecular formula is C13H16BrN3S. The molecule has 0 aromatic carbocycles. The zero-order valence-electron chi connectivity index (χ0n) is 10.7. The molecule has 0 saturated heterocycles. The maximum atomic E-state index is 4.71. The van der Waals surface area contributed by atoms with Crippen LogP contribution in [0.1, 0.15) is 31.0 Å². The highest BCUT2D eigenvalue weighted by molar-refractivity contribution is 9.10. The van der Waals surface area contributed by atoms with Crippen molar-refractivity contribution in [3.63, 3.8) is 0 Å². The lowest BCUT2D eigenvalue weighted by molar-refractivity contribution is 0.743. The molecule has 0 radical (unpaired) electrons. The zero-order chi connectivity index (χ0) is 13.1. The first-order valence-electron chi connectivity index (χ1n) is 5.86. The fourth-order valence-electron chi connectivity index (χ4n) is 1.80. The van der Waals surface area contributed by atoms with Gasteiger partial charge in [-0.1, -0.05) is 13.8 Å². The minimum atomic E-state index is 0.401. The third-order valence-electron chi connectivity index (χ3n) is 2.60. The normalized spacial score (nSPS) is 11.2. The average molecular weight is 326 g/mol. The van der Waals surface area contributed by atoms with E-state index in [2.05, 4.69) is 51.5 Å². The van der Waals surface area contributed by atoms with E-state index in [0.29, 0.717) is 5.92 Å². The van der Waals surface area contributed by atoms with Crippen molar-refractivity contribution in [3.8, 4) is 10.7 Å². The molecule has 96 valence electrons. The van der Waals surface area contributed by atoms with E-state index in [9.17, 15) is 0 Å². The molecule has 0 fully saturated rings. The van der Waals surface area contributed by atoms with E-state index in [-0.39, 0.29) is 0 Å². The molecule has 3 nitrogen and oxygen atoms in total. The Morgan fingerprint density at radius 3 is 2.78 bits per heavy atom. The second-order valence-corrected chi connectivity index (χ2v) is 6.25. The van der Waals surface area contributed by atoms with Gasteiger partial charge in [-0.25, -0.2) is 9.97 Å². The Kier molecular flexibility index (Phi) is 4.48. The highest BCUT2D eigenvalue weighted by Crippen LogP contribution is 2.28. The van der Waals surface area contributed by atoms with Gasteiger partial charge >= 0.3 is 0 Å². The van der Waals surface area contributed by atoms with Crippen LogP contribution in [0.25, 0.3) is 10.7 Å². The largest absolute Gasteiger partial charge is 0.316 e. The van der Waals surface area contributed by atoms with Gasteiger partial charge in [-0.05, 0) is 35.0 Å². The maximum Gasteiger partial charge on any atom is 0.169 e. The second-order valence-electron chi connectivity index (χ2n) is 4.42. The first-order valence-corrected chi connectivity index (χ1v) is 7.54. The average Bonchev–Trinajstić information content (AvgIpc) is 2.76. The molecule has 0 aliphatic rings. The van der Waals surface area contributed by atoms with Crippen LogP contribution in [0.2, 0.25) is 0 Å². The van der Waals surface area contributed by atoms with E-state index in [1.165, 1.54) is 5.56 Å². The standard InChI is InChI=1S/C13H16BrN3S/c1-8(2)12-9(5-15-3)6-16-13(17-12)11-4-10(14)7-18-11/h4,6-8,15H,5H2,1-3H3. The number of hydrogen-bond acceptors (Lipinski definition) is 4. The number of hydrogen-bond donors (Lipinski definition) is 1. The summed E-state index contributed by atoms with van der Waals surface area (Å²) >= 11 is 5.12. The lowest BCUT2D eigenvalue weighted by Gasteiger charge is -2.12. The van der Waals surface area contributed by atoms with Crippen LogP contribution in [0.4, 0.5) is 0 Å². The van der Waals surface area contributed by atoms with Crippen molar-refractivity contribution < 1.29 is 0 Å². The van der Waals surface area contributed by atoms with Crippen molar-refractivity contribution in [2.45, 2.75) is 26.3 Å². The molecule has 0 aliphatic carbocycles. The van der Waals surface area contributed by atoms with Crippen LogP contribution < -0.4 is 5.32 Å². The summed E-state index contributed by atoms with van der Waals surface area (Å²) in [4.78, 5) is 10.3. The fraction of sp³-hybridized carbons (Fsp3) is 0.385. The Morgan fingerprint density at radius 2 is 2.22 bits per heavy atom. The van der Waals surface area contributed by atoms with E-state index in [1.54, 1.807) is 11.3 Å². The number of halogens is 1. The smallest absolute Gasteiger partial charge is 0.169 e. The third-order valence-corrected chi connectivity index (χ3v) is 4.29. The lowest BCUT2D eigenvalue weighted by atomic mass is 10.1. The molecule has 1 N–H and O–H groups in total. The van der Waals surface area contributed by atoms with Gasteiger partial charge in [0.25, 0.3) is 0 Å². The van der Waals surface area contributed by atoms with Gasteiger partial charge in [0.05, 0.1) is 10.6 Å². The van der Waals surface area contributed by atoms with E-state index in [0.717, 1.165) is 27.4 Å². The van der Waals surface area contributed by atoms with Gasteiger partial charge < -0.3 is 5.32 Å². The van der Waals surface area contributed by atoms with Crippen LogP contribution in [0.15, 0.2) is 22.1 Å². The number of rotatable bonds is 4. The molecular weight excluding hydrogens is 310 g/mol. The van der Waals surface area contributed by atoms with Gasteiger partial charge in [-0.3, -0.25) is 0 Å². The van der Waals surface area contributed by atoms with Crippen molar-refractivity contribution in [2.75, 3.05) is 7.05 Å². The number of aromatic nitrogens is 2. The molecule has 0 saturated carbocycles. The molecule has 0 unspecified atom stereocenters. The molecule has 0 spiro atoms. The Bertz CT molecular complexity index is 537. The van der Waals surface area contributed by atoms with Crippen molar-refractivity contribution in [3.05, 3.63) is 33.4 Å². The SMILES string of the molecule is CNCc1cnc(-c2cc(Br)cs2)nc1C(C)C. The summed E-state index contributed by atoms with van der Waals surface area (Å²) in [6.07, 6.45) is 1.93. The number of thiophene rings is 1. The molecule has 5 heteroatoms. The summed E-state index contributed by atoms with van der Waals surface area (Å²) in [5.41, 5.74) is 2.30. The Balaban J connectivity index is 2.42. The van der Waals surface area contributed by atoms with Gasteiger partial charge in [-0.2, -0.15) is 0 Å². The zero-order valence-corrected chi connectivity index (χ0v) is 13.1. The molecule has 18 heavy (non-hydrogen) atoms.